The first kappa shape index (κ1) is 53.4. The molecule has 0 amide bonds. The Hall–Kier alpha value is -4.96. The molecule has 0 radical (unpaired) electrons. The number of rotatable bonds is 17. The minimum absolute atomic E-state index is 0. The normalized spacial score (nSPS) is 10.6. The van der Waals surface area contributed by atoms with E-state index in [0.717, 1.165) is 39.6 Å². The van der Waals surface area contributed by atoms with Gasteiger partial charge in [-0.2, -0.15) is 5.16 Å². The number of hydrogen-bond acceptors (Lipinski definition) is 9. The van der Waals surface area contributed by atoms with Crippen LogP contribution in [0.15, 0.2) is 134 Å². The third-order valence-corrected chi connectivity index (χ3v) is 16.3. The number of nitrogens with zero attached hydrogens (tertiary/aromatic N) is 5. The Kier molecular flexibility index (Phi) is 21.2. The van der Waals surface area contributed by atoms with E-state index in [1.807, 2.05) is 82.1 Å². The van der Waals surface area contributed by atoms with Crippen molar-refractivity contribution in [1.29, 1.82) is 0 Å². The van der Waals surface area contributed by atoms with E-state index in [1.54, 1.807) is 0 Å². The van der Waals surface area contributed by atoms with Gasteiger partial charge < -0.3 is 10.4 Å². The largest absolute Gasteiger partial charge is 2.00 e. The SMILES string of the molecule is CCCCCCc1ccc(-c2ccc(-c3cc[c-]c(-c4cc(-c5ccc(-c6ccc(CCCCCC)s6)s5)ccn4)c3)s2)s1.Cc1ccnc(-c2cc(C)cc(-c3cc(C)ccn3)n2)c1.[N-]=C=S.[Ru+2]. The fourth-order valence-corrected chi connectivity index (χ4v) is 12.1. The van der Waals surface area contributed by atoms with E-state index in [1.165, 1.54) is 131 Å². The van der Waals surface area contributed by atoms with Crippen LogP contribution in [0, 0.1) is 26.8 Å². The summed E-state index contributed by atoms with van der Waals surface area (Å²) in [6, 6.07) is 44.8. The number of pyridine rings is 4. The second-order valence-corrected chi connectivity index (χ2v) is 21.5. The number of thiophene rings is 4. The van der Waals surface area contributed by atoms with Gasteiger partial charge in [0.25, 0.3) is 0 Å². The summed E-state index contributed by atoms with van der Waals surface area (Å²) in [4.78, 5) is 29.3. The van der Waals surface area contributed by atoms with Gasteiger partial charge in [0.1, 0.15) is 0 Å². The predicted octanol–water partition coefficient (Wildman–Crippen LogP) is 18.5. The molecule has 9 aromatic rings. The van der Waals surface area contributed by atoms with Crippen LogP contribution in [0.2, 0.25) is 0 Å². The molecule has 0 fully saturated rings. The van der Waals surface area contributed by atoms with E-state index in [9.17, 15) is 0 Å². The van der Waals surface area contributed by atoms with Crippen molar-refractivity contribution in [3.8, 4) is 74.4 Å². The first-order valence-electron chi connectivity index (χ1n) is 23.5. The van der Waals surface area contributed by atoms with Gasteiger partial charge in [0.2, 0.25) is 0 Å². The summed E-state index contributed by atoms with van der Waals surface area (Å²) in [7, 11) is 0. The number of aromatic nitrogens is 4. The maximum atomic E-state index is 7.13. The first-order chi connectivity index (χ1) is 33.2. The Morgan fingerprint density at radius 3 is 1.42 bits per heavy atom. The molecule has 0 spiro atoms. The second-order valence-electron chi connectivity index (χ2n) is 16.8. The molecule has 0 saturated carbocycles. The quantitative estimate of drug-likeness (QED) is 0.0299. The van der Waals surface area contributed by atoms with Crippen molar-refractivity contribution in [3.05, 3.63) is 172 Å². The fraction of sp³-hybridized carbons (Fsp3) is 0.259. The summed E-state index contributed by atoms with van der Waals surface area (Å²) >= 11 is 11.4. The summed E-state index contributed by atoms with van der Waals surface area (Å²) in [5, 5.41) is 8.47. The van der Waals surface area contributed by atoms with Gasteiger partial charge in [-0.05, 0) is 165 Å². The molecule has 0 atom stereocenters. The Bertz CT molecular complexity index is 2850. The molecular formula is C58H57N5RuS5. The van der Waals surface area contributed by atoms with Crippen LogP contribution in [0.4, 0.5) is 0 Å². The third-order valence-electron chi connectivity index (χ3n) is 11.3. The number of benzene rings is 1. The van der Waals surface area contributed by atoms with Gasteiger partial charge in [0.05, 0.1) is 22.8 Å². The zero-order valence-electron chi connectivity index (χ0n) is 39.9. The smallest absolute Gasteiger partial charge is 0.753 e. The number of hydrogen-bond donors (Lipinski definition) is 0. The minimum Gasteiger partial charge on any atom is -0.753 e. The first-order valence-corrected chi connectivity index (χ1v) is 27.1. The Morgan fingerprint density at radius 1 is 0.478 bits per heavy atom. The van der Waals surface area contributed by atoms with Gasteiger partial charge in [-0.3, -0.25) is 9.97 Å². The predicted molar refractivity (Wildman–Crippen MR) is 298 cm³/mol. The average molecular weight is 1090 g/mol. The van der Waals surface area contributed by atoms with Crippen LogP contribution in [0.3, 0.4) is 0 Å². The van der Waals surface area contributed by atoms with E-state index in [2.05, 4.69) is 160 Å². The maximum absolute atomic E-state index is 7.13. The van der Waals surface area contributed by atoms with Crippen LogP contribution in [-0.4, -0.2) is 25.1 Å². The zero-order valence-corrected chi connectivity index (χ0v) is 45.7. The van der Waals surface area contributed by atoms with Crippen LogP contribution >= 0.6 is 57.6 Å². The molecule has 11 heteroatoms. The Morgan fingerprint density at radius 2 is 0.913 bits per heavy atom. The second kappa shape index (κ2) is 27.4. The van der Waals surface area contributed by atoms with Gasteiger partial charge in [0.15, 0.2) is 0 Å². The molecule has 0 aliphatic rings. The average Bonchev–Trinajstić information content (AvgIpc) is 4.21. The van der Waals surface area contributed by atoms with Crippen LogP contribution in [-0.2, 0) is 32.3 Å². The maximum Gasteiger partial charge on any atom is 2.00 e. The number of aryl methyl sites for hydroxylation is 5. The summed E-state index contributed by atoms with van der Waals surface area (Å²) in [6.07, 6.45) is 18.5. The molecule has 1 aromatic carbocycles. The molecule has 5 nitrogen and oxygen atoms in total. The molecule has 0 aliphatic carbocycles. The van der Waals surface area contributed by atoms with Crippen molar-refractivity contribution in [2.45, 2.75) is 98.8 Å². The number of thiocarbonyl (C=S) groups is 1. The monoisotopic (exact) mass is 1090 g/mol. The van der Waals surface area contributed by atoms with Gasteiger partial charge in [-0.15, -0.1) is 75.2 Å². The van der Waals surface area contributed by atoms with E-state index >= 15 is 0 Å². The Labute approximate surface area is 443 Å². The molecule has 352 valence electrons. The topological polar surface area (TPSA) is 73.9 Å². The molecule has 0 aliphatic heterocycles. The third kappa shape index (κ3) is 15.5. The number of unbranched alkanes of at least 4 members (excludes halogenated alkanes) is 6. The van der Waals surface area contributed by atoms with Crippen LogP contribution in [0.5, 0.6) is 0 Å². The molecule has 0 saturated heterocycles. The summed E-state index contributed by atoms with van der Waals surface area (Å²) in [6.45, 7) is 10.7. The summed E-state index contributed by atoms with van der Waals surface area (Å²) in [5.41, 5.74) is 11.5. The van der Waals surface area contributed by atoms with Crippen LogP contribution in [0.25, 0.3) is 79.8 Å². The van der Waals surface area contributed by atoms with E-state index in [4.69, 9.17) is 15.4 Å². The standard InChI is InChI=1S/C39H40NS4.C18H17N3.CNS.Ru/c1-3-5-7-9-14-31-16-18-36(41-31)38-22-20-34(43-38)29-13-11-12-28(26-29)33-27-30(24-25-40-33)35-21-23-39(44-35)37-19-17-32(42-37)15-10-8-6-4-2;1-12-4-6-19-15(8-12)17-10-14(3)11-18(21-17)16-9-13(2)5-7-20-16;2-1-3;/h11,13,16-27H,3-10,14-15H2,1-2H3;4-11H,1-3H3;;/q-1;;-1;+2. The van der Waals surface area contributed by atoms with Gasteiger partial charge in [0, 0.05) is 57.6 Å². The van der Waals surface area contributed by atoms with Gasteiger partial charge in [-0.1, -0.05) is 76.2 Å². The fourth-order valence-electron chi connectivity index (χ4n) is 7.77. The van der Waals surface area contributed by atoms with Gasteiger partial charge in [-0.25, -0.2) is 4.98 Å². The van der Waals surface area contributed by atoms with Crippen molar-refractivity contribution in [3.63, 3.8) is 0 Å². The summed E-state index contributed by atoms with van der Waals surface area (Å²) < 4.78 is 0. The van der Waals surface area contributed by atoms with Crippen molar-refractivity contribution in [2.75, 3.05) is 0 Å². The molecule has 0 N–H and O–H groups in total. The summed E-state index contributed by atoms with van der Waals surface area (Å²) in [5.74, 6) is 0. The minimum atomic E-state index is 0. The van der Waals surface area contributed by atoms with E-state index in [-0.39, 0.29) is 19.5 Å². The number of isothiocyanates is 1. The zero-order chi connectivity index (χ0) is 47.7. The van der Waals surface area contributed by atoms with Crippen molar-refractivity contribution >= 4 is 62.7 Å². The molecular weight excluding hydrogens is 1030 g/mol. The van der Waals surface area contributed by atoms with Crippen LogP contribution in [0.1, 0.15) is 91.7 Å². The molecule has 0 unspecified atom stereocenters. The van der Waals surface area contributed by atoms with E-state index < -0.39 is 0 Å². The van der Waals surface area contributed by atoms with Crippen LogP contribution < -0.4 is 0 Å². The van der Waals surface area contributed by atoms with Gasteiger partial charge >= 0.3 is 19.5 Å². The molecule has 8 heterocycles. The molecule has 9 rings (SSSR count). The molecule has 8 aromatic heterocycles. The molecule has 69 heavy (non-hydrogen) atoms. The van der Waals surface area contributed by atoms with Crippen molar-refractivity contribution in [2.24, 2.45) is 0 Å². The molecule has 0 bridgehead atoms. The van der Waals surface area contributed by atoms with Crippen molar-refractivity contribution < 1.29 is 19.5 Å². The van der Waals surface area contributed by atoms with Crippen molar-refractivity contribution in [1.82, 2.24) is 19.9 Å². The Balaban J connectivity index is 0.000000261. The van der Waals surface area contributed by atoms with E-state index in [0.29, 0.717) is 0 Å².